The summed E-state index contributed by atoms with van der Waals surface area (Å²) in [5.74, 6) is 0. The molecule has 1 aromatic carbocycles. The van der Waals surface area contributed by atoms with E-state index in [-0.39, 0.29) is 16.5 Å². The molecule has 7 heteroatoms. The zero-order chi connectivity index (χ0) is 15.0. The highest BCUT2D eigenvalue weighted by atomic mass is 35.5. The number of aliphatic hydroxyl groups excluding tert-OH is 1. The number of rotatable bonds is 4. The fourth-order valence-corrected chi connectivity index (χ4v) is 4.20. The SMILES string of the molecule is Cc1cc(Cl)c(C)c(S(=O)(=O)NC(C)(C)CO)c1Cl. The molecule has 0 aliphatic rings. The van der Waals surface area contributed by atoms with Crippen LogP contribution in [0, 0.1) is 13.8 Å². The standard InChI is InChI=1S/C12H17Cl2NO3S/c1-7-5-9(13)8(2)11(10(7)14)19(17,18)15-12(3,4)6-16/h5,15-16H,6H2,1-4H3. The normalized spacial score (nSPS) is 12.8. The zero-order valence-corrected chi connectivity index (χ0v) is 13.5. The number of aliphatic hydroxyl groups is 1. The highest BCUT2D eigenvalue weighted by Crippen LogP contribution is 2.33. The Morgan fingerprint density at radius 1 is 1.32 bits per heavy atom. The molecule has 2 N–H and O–H groups in total. The van der Waals surface area contributed by atoms with Gasteiger partial charge < -0.3 is 5.11 Å². The average Bonchev–Trinajstić information content (AvgIpc) is 2.25. The Morgan fingerprint density at radius 3 is 2.32 bits per heavy atom. The molecular weight excluding hydrogens is 309 g/mol. The maximum absolute atomic E-state index is 12.4. The summed E-state index contributed by atoms with van der Waals surface area (Å²) in [5, 5.41) is 9.64. The van der Waals surface area contributed by atoms with Gasteiger partial charge in [0.2, 0.25) is 10.0 Å². The highest BCUT2D eigenvalue weighted by Gasteiger charge is 2.29. The van der Waals surface area contributed by atoms with Gasteiger partial charge in [0, 0.05) is 5.02 Å². The first-order valence-corrected chi connectivity index (χ1v) is 7.86. The highest BCUT2D eigenvalue weighted by molar-refractivity contribution is 7.89. The Hall–Kier alpha value is -0.330. The predicted octanol–water partition coefficient (Wildman–Crippen LogP) is 2.66. The molecule has 0 bridgehead atoms. The van der Waals surface area contributed by atoms with Gasteiger partial charge in [-0.2, -0.15) is 0 Å². The van der Waals surface area contributed by atoms with Crippen LogP contribution in [0.3, 0.4) is 0 Å². The molecule has 108 valence electrons. The lowest BCUT2D eigenvalue weighted by Crippen LogP contribution is -2.46. The topological polar surface area (TPSA) is 66.4 Å². The fourth-order valence-electron chi connectivity index (χ4n) is 1.58. The van der Waals surface area contributed by atoms with Crippen LogP contribution >= 0.6 is 23.2 Å². The second kappa shape index (κ2) is 5.58. The first kappa shape index (κ1) is 16.7. The van der Waals surface area contributed by atoms with Crippen LogP contribution in [0.25, 0.3) is 0 Å². The lowest BCUT2D eigenvalue weighted by atomic mass is 10.1. The van der Waals surface area contributed by atoms with Crippen LogP contribution in [-0.2, 0) is 10.0 Å². The third-order valence-corrected chi connectivity index (χ3v) is 5.52. The second-order valence-corrected chi connectivity index (χ2v) is 7.50. The molecule has 0 unspecified atom stereocenters. The monoisotopic (exact) mass is 325 g/mol. The van der Waals surface area contributed by atoms with Crippen molar-refractivity contribution >= 4 is 33.2 Å². The number of halogens is 2. The molecular formula is C12H17Cl2NO3S. The fraction of sp³-hybridized carbons (Fsp3) is 0.500. The van der Waals surface area contributed by atoms with Gasteiger partial charge in [-0.15, -0.1) is 0 Å². The maximum Gasteiger partial charge on any atom is 0.242 e. The molecule has 0 radical (unpaired) electrons. The third-order valence-electron chi connectivity index (χ3n) is 2.66. The first-order chi connectivity index (χ1) is 8.52. The van der Waals surface area contributed by atoms with E-state index in [1.54, 1.807) is 33.8 Å². The summed E-state index contributed by atoms with van der Waals surface area (Å²) in [6, 6.07) is 1.62. The summed E-state index contributed by atoms with van der Waals surface area (Å²) in [6.07, 6.45) is 0. The van der Waals surface area contributed by atoms with Crippen molar-refractivity contribution in [3.63, 3.8) is 0 Å². The molecule has 0 aliphatic heterocycles. The molecule has 0 fully saturated rings. The van der Waals surface area contributed by atoms with Gasteiger partial charge in [-0.1, -0.05) is 23.2 Å². The van der Waals surface area contributed by atoms with E-state index in [9.17, 15) is 8.42 Å². The van der Waals surface area contributed by atoms with E-state index >= 15 is 0 Å². The molecule has 0 aromatic heterocycles. The third kappa shape index (κ3) is 3.61. The van der Waals surface area contributed by atoms with Crippen molar-refractivity contribution in [2.24, 2.45) is 0 Å². The maximum atomic E-state index is 12.4. The molecule has 0 atom stereocenters. The number of hydrogen-bond donors (Lipinski definition) is 2. The Balaban J connectivity index is 3.46. The van der Waals surface area contributed by atoms with E-state index in [4.69, 9.17) is 28.3 Å². The Bertz CT molecular complexity index is 571. The van der Waals surface area contributed by atoms with E-state index in [0.29, 0.717) is 16.1 Å². The van der Waals surface area contributed by atoms with Crippen molar-refractivity contribution in [2.75, 3.05) is 6.61 Å². The smallest absolute Gasteiger partial charge is 0.242 e. The summed E-state index contributed by atoms with van der Waals surface area (Å²) in [5.41, 5.74) is -0.0110. The van der Waals surface area contributed by atoms with Gasteiger partial charge in [-0.05, 0) is 44.9 Å². The van der Waals surface area contributed by atoms with Crippen LogP contribution in [0.5, 0.6) is 0 Å². The average molecular weight is 326 g/mol. The van der Waals surface area contributed by atoms with Crippen molar-refractivity contribution in [3.05, 3.63) is 27.2 Å². The Labute approximate surface area is 123 Å². The van der Waals surface area contributed by atoms with Crippen molar-refractivity contribution in [2.45, 2.75) is 38.1 Å². The number of hydrogen-bond acceptors (Lipinski definition) is 3. The minimum Gasteiger partial charge on any atom is -0.394 e. The van der Waals surface area contributed by atoms with E-state index in [2.05, 4.69) is 4.72 Å². The van der Waals surface area contributed by atoms with Crippen LogP contribution in [0.15, 0.2) is 11.0 Å². The van der Waals surface area contributed by atoms with Crippen LogP contribution in [-0.4, -0.2) is 25.7 Å². The summed E-state index contributed by atoms with van der Waals surface area (Å²) < 4.78 is 27.2. The van der Waals surface area contributed by atoms with Crippen molar-refractivity contribution < 1.29 is 13.5 Å². The molecule has 0 spiro atoms. The zero-order valence-electron chi connectivity index (χ0n) is 11.2. The molecule has 0 heterocycles. The minimum absolute atomic E-state index is 0.0410. The molecule has 19 heavy (non-hydrogen) atoms. The predicted molar refractivity (Wildman–Crippen MR) is 77.4 cm³/mol. The van der Waals surface area contributed by atoms with Crippen LogP contribution in [0.1, 0.15) is 25.0 Å². The van der Waals surface area contributed by atoms with Gasteiger partial charge in [-0.25, -0.2) is 13.1 Å². The largest absolute Gasteiger partial charge is 0.394 e. The van der Waals surface area contributed by atoms with Gasteiger partial charge in [0.05, 0.1) is 17.2 Å². The number of nitrogens with one attached hydrogen (secondary N) is 1. The lowest BCUT2D eigenvalue weighted by Gasteiger charge is -2.24. The second-order valence-electron chi connectivity index (χ2n) is 5.09. The number of aryl methyl sites for hydroxylation is 1. The van der Waals surface area contributed by atoms with Crippen LogP contribution in [0.2, 0.25) is 10.0 Å². The van der Waals surface area contributed by atoms with Crippen LogP contribution in [0.4, 0.5) is 0 Å². The van der Waals surface area contributed by atoms with Gasteiger partial charge in [0.1, 0.15) is 4.90 Å². The minimum atomic E-state index is -3.86. The van der Waals surface area contributed by atoms with Crippen molar-refractivity contribution in [3.8, 4) is 0 Å². The molecule has 1 rings (SSSR count). The lowest BCUT2D eigenvalue weighted by molar-refractivity contribution is 0.208. The molecule has 0 saturated heterocycles. The quantitative estimate of drug-likeness (QED) is 0.894. The summed E-state index contributed by atoms with van der Waals surface area (Å²) in [7, 11) is -3.86. The van der Waals surface area contributed by atoms with Crippen molar-refractivity contribution in [1.82, 2.24) is 4.72 Å². The summed E-state index contributed by atoms with van der Waals surface area (Å²) >= 11 is 12.1. The molecule has 1 aromatic rings. The Morgan fingerprint density at radius 2 is 1.84 bits per heavy atom. The van der Waals surface area contributed by atoms with E-state index in [0.717, 1.165) is 0 Å². The van der Waals surface area contributed by atoms with E-state index in [1.165, 1.54) is 0 Å². The van der Waals surface area contributed by atoms with Gasteiger partial charge in [0.25, 0.3) is 0 Å². The van der Waals surface area contributed by atoms with E-state index in [1.807, 2.05) is 0 Å². The number of sulfonamides is 1. The van der Waals surface area contributed by atoms with E-state index < -0.39 is 15.6 Å². The van der Waals surface area contributed by atoms with Crippen LogP contribution < -0.4 is 4.72 Å². The molecule has 0 saturated carbocycles. The molecule has 0 amide bonds. The van der Waals surface area contributed by atoms with Gasteiger partial charge in [0.15, 0.2) is 0 Å². The number of benzene rings is 1. The molecule has 4 nitrogen and oxygen atoms in total. The summed E-state index contributed by atoms with van der Waals surface area (Å²) in [4.78, 5) is -0.0410. The van der Waals surface area contributed by atoms with Crippen molar-refractivity contribution in [1.29, 1.82) is 0 Å². The molecule has 0 aliphatic carbocycles. The summed E-state index contributed by atoms with van der Waals surface area (Å²) in [6.45, 7) is 6.09. The Kier molecular flexibility index (Phi) is 4.91. The van der Waals surface area contributed by atoms with Gasteiger partial charge in [-0.3, -0.25) is 0 Å². The van der Waals surface area contributed by atoms with Gasteiger partial charge >= 0.3 is 0 Å². The first-order valence-electron chi connectivity index (χ1n) is 5.62.